The number of methoxy groups -OCH3 is 1. The number of ether oxygens (including phenoxy) is 1. The summed E-state index contributed by atoms with van der Waals surface area (Å²) in [5.74, 6) is 0.409. The van der Waals surface area contributed by atoms with E-state index in [0.717, 1.165) is 31.7 Å². The molecule has 1 fully saturated rings. The third-order valence-corrected chi connectivity index (χ3v) is 3.55. The van der Waals surface area contributed by atoms with Crippen molar-refractivity contribution in [2.75, 3.05) is 39.9 Å². The molecule has 1 aromatic carbocycles. The minimum atomic E-state index is -0.270. The van der Waals surface area contributed by atoms with E-state index in [2.05, 4.69) is 10.2 Å². The average molecular weight is 268 g/mol. The van der Waals surface area contributed by atoms with Crippen LogP contribution in [0.3, 0.4) is 0 Å². The smallest absolute Gasteiger partial charge is 0.123 e. The summed E-state index contributed by atoms with van der Waals surface area (Å²) >= 11 is 0. The molecule has 0 aromatic heterocycles. The Hall–Kier alpha value is -1.17. The maximum atomic E-state index is 13.5. The second kappa shape index (κ2) is 6.84. The third-order valence-electron chi connectivity index (χ3n) is 3.55. The first-order valence-corrected chi connectivity index (χ1v) is 6.65. The lowest BCUT2D eigenvalue weighted by atomic mass is 10.00. The highest BCUT2D eigenvalue weighted by atomic mass is 19.1. The molecule has 4 nitrogen and oxygen atoms in total. The van der Waals surface area contributed by atoms with Gasteiger partial charge in [0, 0.05) is 44.4 Å². The van der Waals surface area contributed by atoms with Crippen molar-refractivity contribution in [1.82, 2.24) is 10.2 Å². The lowest BCUT2D eigenvalue weighted by Gasteiger charge is -2.35. The van der Waals surface area contributed by atoms with E-state index in [1.54, 1.807) is 13.2 Å². The number of nitrogens with one attached hydrogen (secondary N) is 1. The Morgan fingerprint density at radius 1 is 1.42 bits per heavy atom. The molecule has 1 aliphatic rings. The first-order chi connectivity index (χ1) is 9.26. The van der Waals surface area contributed by atoms with E-state index in [9.17, 15) is 9.50 Å². The van der Waals surface area contributed by atoms with Gasteiger partial charge in [-0.05, 0) is 24.6 Å². The van der Waals surface area contributed by atoms with E-state index >= 15 is 0 Å². The molecule has 1 atom stereocenters. The molecular weight excluding hydrogens is 247 g/mol. The average Bonchev–Trinajstić information content (AvgIpc) is 2.45. The Bertz CT molecular complexity index is 408. The van der Waals surface area contributed by atoms with Crippen LogP contribution in [0.15, 0.2) is 18.2 Å². The van der Waals surface area contributed by atoms with Crippen molar-refractivity contribution in [1.29, 1.82) is 0 Å². The molecule has 2 N–H and O–H groups in total. The van der Waals surface area contributed by atoms with E-state index in [0.29, 0.717) is 12.2 Å². The van der Waals surface area contributed by atoms with E-state index in [1.165, 1.54) is 12.1 Å². The minimum Gasteiger partial charge on any atom is -0.496 e. The molecule has 0 aliphatic carbocycles. The Kier molecular flexibility index (Phi) is 5.13. The van der Waals surface area contributed by atoms with Crippen LogP contribution in [0.1, 0.15) is 18.0 Å². The van der Waals surface area contributed by atoms with Gasteiger partial charge in [0.25, 0.3) is 0 Å². The fourth-order valence-corrected chi connectivity index (χ4v) is 2.62. The number of halogens is 1. The lowest BCUT2D eigenvalue weighted by Crippen LogP contribution is -2.45. The standard InChI is InChI=1S/C14H21FN2O2/c1-19-14-3-2-11(15)10-12(14)13(4-9-18)17-7-5-16-6-8-17/h2-3,10,13,16,18H,4-9H2,1H3. The van der Waals surface area contributed by atoms with Crippen LogP contribution in [-0.4, -0.2) is 49.9 Å². The van der Waals surface area contributed by atoms with Crippen molar-refractivity contribution in [2.24, 2.45) is 0 Å². The fourth-order valence-electron chi connectivity index (χ4n) is 2.62. The number of aliphatic hydroxyl groups is 1. The van der Waals surface area contributed by atoms with Crippen molar-refractivity contribution in [3.05, 3.63) is 29.6 Å². The van der Waals surface area contributed by atoms with Crippen LogP contribution in [-0.2, 0) is 0 Å². The highest BCUT2D eigenvalue weighted by Crippen LogP contribution is 2.32. The summed E-state index contributed by atoms with van der Waals surface area (Å²) in [5, 5.41) is 12.6. The molecule has 1 aromatic rings. The number of benzene rings is 1. The van der Waals surface area contributed by atoms with Crippen LogP contribution in [0, 0.1) is 5.82 Å². The number of hydrogen-bond acceptors (Lipinski definition) is 4. The molecule has 0 radical (unpaired) electrons. The fraction of sp³-hybridized carbons (Fsp3) is 0.571. The summed E-state index contributed by atoms with van der Waals surface area (Å²) in [5.41, 5.74) is 0.818. The number of rotatable bonds is 5. The van der Waals surface area contributed by atoms with E-state index in [-0.39, 0.29) is 18.5 Å². The summed E-state index contributed by atoms with van der Waals surface area (Å²) in [6.45, 7) is 3.70. The second-order valence-electron chi connectivity index (χ2n) is 4.70. The zero-order valence-electron chi connectivity index (χ0n) is 11.2. The molecule has 0 spiro atoms. The summed E-state index contributed by atoms with van der Waals surface area (Å²) in [6, 6.07) is 4.56. The Balaban J connectivity index is 2.28. The second-order valence-corrected chi connectivity index (χ2v) is 4.70. The van der Waals surface area contributed by atoms with Crippen LogP contribution in [0.2, 0.25) is 0 Å². The molecule has 0 saturated carbocycles. The number of piperazine rings is 1. The summed E-state index contributed by atoms with van der Waals surface area (Å²) in [6.07, 6.45) is 0.583. The number of aliphatic hydroxyl groups excluding tert-OH is 1. The van der Waals surface area contributed by atoms with Crippen molar-refractivity contribution in [3.8, 4) is 5.75 Å². The molecule has 1 heterocycles. The first kappa shape index (κ1) is 14.2. The normalized spacial score (nSPS) is 18.3. The Morgan fingerprint density at radius 3 is 2.79 bits per heavy atom. The SMILES string of the molecule is COc1ccc(F)cc1C(CCO)N1CCNCC1. The summed E-state index contributed by atoms with van der Waals surface area (Å²) in [7, 11) is 1.59. The molecule has 5 heteroatoms. The number of nitrogens with zero attached hydrogens (tertiary/aromatic N) is 1. The molecular formula is C14H21FN2O2. The van der Waals surface area contributed by atoms with Crippen molar-refractivity contribution in [3.63, 3.8) is 0 Å². The first-order valence-electron chi connectivity index (χ1n) is 6.65. The van der Waals surface area contributed by atoms with Crippen molar-refractivity contribution in [2.45, 2.75) is 12.5 Å². The predicted molar refractivity (Wildman–Crippen MR) is 71.8 cm³/mol. The van der Waals surface area contributed by atoms with Gasteiger partial charge in [0.05, 0.1) is 7.11 Å². The van der Waals surface area contributed by atoms with Gasteiger partial charge < -0.3 is 15.2 Å². The van der Waals surface area contributed by atoms with Crippen LogP contribution < -0.4 is 10.1 Å². The molecule has 1 aliphatic heterocycles. The zero-order chi connectivity index (χ0) is 13.7. The van der Waals surface area contributed by atoms with E-state index < -0.39 is 0 Å². The van der Waals surface area contributed by atoms with Gasteiger partial charge in [-0.1, -0.05) is 0 Å². The summed E-state index contributed by atoms with van der Waals surface area (Å²) in [4.78, 5) is 2.27. The maximum absolute atomic E-state index is 13.5. The molecule has 0 amide bonds. The molecule has 0 bridgehead atoms. The third kappa shape index (κ3) is 3.43. The quantitative estimate of drug-likeness (QED) is 0.841. The Morgan fingerprint density at radius 2 is 2.16 bits per heavy atom. The largest absolute Gasteiger partial charge is 0.496 e. The van der Waals surface area contributed by atoms with Gasteiger partial charge in [0.2, 0.25) is 0 Å². The predicted octanol–water partition coefficient (Wildman–Crippen LogP) is 1.16. The minimum absolute atomic E-state index is 0.00208. The van der Waals surface area contributed by atoms with Crippen LogP contribution >= 0.6 is 0 Å². The molecule has 106 valence electrons. The molecule has 1 unspecified atom stereocenters. The van der Waals surface area contributed by atoms with Gasteiger partial charge in [-0.3, -0.25) is 4.90 Å². The van der Waals surface area contributed by atoms with Gasteiger partial charge in [-0.2, -0.15) is 0 Å². The maximum Gasteiger partial charge on any atom is 0.123 e. The molecule has 1 saturated heterocycles. The van der Waals surface area contributed by atoms with Gasteiger partial charge in [-0.15, -0.1) is 0 Å². The van der Waals surface area contributed by atoms with Crippen LogP contribution in [0.5, 0.6) is 5.75 Å². The topological polar surface area (TPSA) is 44.7 Å². The van der Waals surface area contributed by atoms with Crippen LogP contribution in [0.25, 0.3) is 0 Å². The zero-order valence-corrected chi connectivity index (χ0v) is 11.2. The van der Waals surface area contributed by atoms with Crippen LogP contribution in [0.4, 0.5) is 4.39 Å². The Labute approximate surface area is 113 Å². The summed E-state index contributed by atoms with van der Waals surface area (Å²) < 4.78 is 18.8. The lowest BCUT2D eigenvalue weighted by molar-refractivity contribution is 0.138. The number of hydrogen-bond donors (Lipinski definition) is 2. The van der Waals surface area contributed by atoms with Crippen molar-refractivity contribution < 1.29 is 14.2 Å². The van der Waals surface area contributed by atoms with Gasteiger partial charge in [-0.25, -0.2) is 4.39 Å². The van der Waals surface area contributed by atoms with E-state index in [1.807, 2.05) is 0 Å². The van der Waals surface area contributed by atoms with Gasteiger partial charge in [0.15, 0.2) is 0 Å². The highest BCUT2D eigenvalue weighted by molar-refractivity contribution is 5.36. The highest BCUT2D eigenvalue weighted by Gasteiger charge is 2.24. The monoisotopic (exact) mass is 268 g/mol. The molecule has 19 heavy (non-hydrogen) atoms. The van der Waals surface area contributed by atoms with E-state index in [4.69, 9.17) is 4.74 Å². The van der Waals surface area contributed by atoms with Crippen molar-refractivity contribution >= 4 is 0 Å². The molecule has 2 rings (SSSR count). The van der Waals surface area contributed by atoms with Gasteiger partial charge in [0.1, 0.15) is 11.6 Å². The van der Waals surface area contributed by atoms with Gasteiger partial charge >= 0.3 is 0 Å².